The van der Waals surface area contributed by atoms with Gasteiger partial charge >= 0.3 is 0 Å². The molecule has 2 aliphatic carbocycles. The minimum Gasteiger partial charge on any atom is -0.356 e. The molecule has 88 heavy (non-hydrogen) atoms. The summed E-state index contributed by atoms with van der Waals surface area (Å²) in [7, 11) is 0. The molecule has 1 atom stereocenters. The third-order valence-electron chi connectivity index (χ3n) is 20.6. The molecule has 404 valence electrons. The number of nitrogens with zero attached hydrogens (tertiary/aromatic N) is 4. The summed E-state index contributed by atoms with van der Waals surface area (Å²) in [4.78, 5) is 10.1. The van der Waals surface area contributed by atoms with Crippen molar-refractivity contribution in [2.45, 2.75) is 5.92 Å². The van der Waals surface area contributed by atoms with Crippen LogP contribution in [0, 0.1) is 0 Å². The molecule has 1 unspecified atom stereocenters. The maximum atomic E-state index is 4.33. The van der Waals surface area contributed by atoms with Crippen LogP contribution in [0.15, 0.2) is 279 Å². The molecule has 0 aromatic heterocycles. The molecule has 0 saturated heterocycles. The maximum Gasteiger partial charge on any atom is 0.252 e. The quantitative estimate of drug-likeness (QED) is 0.171. The van der Waals surface area contributed by atoms with Crippen molar-refractivity contribution in [1.29, 1.82) is 0 Å². The van der Waals surface area contributed by atoms with Gasteiger partial charge in [0.2, 0.25) is 0 Å². The number of hydrogen-bond donors (Lipinski definition) is 2. The lowest BCUT2D eigenvalue weighted by Gasteiger charge is -2.45. The fraction of sp³-hybridized carbons (Fsp3) is 0.0127. The molecule has 13 aromatic carbocycles. The van der Waals surface area contributed by atoms with Crippen LogP contribution in [0.5, 0.6) is 0 Å². The number of anilines is 16. The highest BCUT2D eigenvalue weighted by atomic mass is 15.2. The van der Waals surface area contributed by atoms with Gasteiger partial charge in [-0.05, 0) is 203 Å². The standard InChI is InChI=1S/C79H49B3N6/c1-5-22-47(23-6-1)85-61-35-16-13-30-54(61)80-57-44-42-52-72-71-53(46-68-78(72)82-56-32-15-18-37-63(56)87(49-26-9-3-10-27-49)66-40-21-41-67(77(66)82)88(68)50-28-11-4-12-29-50)69-51(70(71)73(52)79(57)84-59-34-20-38-64(85)74(59)80)43-45-60-76(69)81-55-31-14-17-36-62(55)86(48-24-7-2-8-25-48)65-39-19-33-58(83-60)75(65)81/h1-46,70,83-84H. The minimum absolute atomic E-state index is 0.00645. The predicted octanol–water partition coefficient (Wildman–Crippen LogP) is 13.6. The van der Waals surface area contributed by atoms with Crippen LogP contribution in [-0.2, 0) is 0 Å². The first kappa shape index (κ1) is 47.1. The zero-order valence-corrected chi connectivity index (χ0v) is 47.7. The highest BCUT2D eigenvalue weighted by Gasteiger charge is 2.54. The minimum atomic E-state index is -0.0892. The van der Waals surface area contributed by atoms with Gasteiger partial charge in [0.05, 0.1) is 0 Å². The Hall–Kier alpha value is -11.1. The molecule has 2 N–H and O–H groups in total. The summed E-state index contributed by atoms with van der Waals surface area (Å²) in [5, 5.41) is 8.47. The highest BCUT2D eigenvalue weighted by Crippen LogP contribution is 2.62. The van der Waals surface area contributed by atoms with E-state index in [1.807, 2.05) is 0 Å². The van der Waals surface area contributed by atoms with Gasteiger partial charge in [-0.3, -0.25) is 0 Å². The molecule has 9 heteroatoms. The molecule has 0 fully saturated rings. The number of benzene rings is 13. The summed E-state index contributed by atoms with van der Waals surface area (Å²) in [5.41, 5.74) is 40.4. The van der Waals surface area contributed by atoms with E-state index >= 15 is 0 Å². The lowest BCUT2D eigenvalue weighted by atomic mass is 9.32. The molecular formula is C79H49B3N6. The van der Waals surface area contributed by atoms with Gasteiger partial charge in [0, 0.05) is 96.9 Å². The van der Waals surface area contributed by atoms with Gasteiger partial charge in [-0.15, -0.1) is 0 Å². The van der Waals surface area contributed by atoms with Crippen molar-refractivity contribution in [1.82, 2.24) is 0 Å². The van der Waals surface area contributed by atoms with Crippen LogP contribution in [0.4, 0.5) is 91.0 Å². The fourth-order valence-corrected chi connectivity index (χ4v) is 17.5. The summed E-state index contributed by atoms with van der Waals surface area (Å²) in [6, 6.07) is 105. The Bertz CT molecular complexity index is 5230. The second-order valence-electron chi connectivity index (χ2n) is 24.7. The Morgan fingerprint density at radius 2 is 0.682 bits per heavy atom. The first-order valence-electron chi connectivity index (χ1n) is 30.9. The Kier molecular flexibility index (Phi) is 9.25. The van der Waals surface area contributed by atoms with Crippen LogP contribution < -0.4 is 79.4 Å². The molecule has 8 aliphatic rings. The highest BCUT2D eigenvalue weighted by molar-refractivity contribution is 7.03. The Morgan fingerprint density at radius 1 is 0.261 bits per heavy atom. The molecule has 6 nitrogen and oxygen atoms in total. The lowest BCUT2D eigenvalue weighted by Crippen LogP contribution is -2.62. The van der Waals surface area contributed by atoms with E-state index in [0.29, 0.717) is 0 Å². The van der Waals surface area contributed by atoms with E-state index in [4.69, 9.17) is 0 Å². The van der Waals surface area contributed by atoms with Crippen molar-refractivity contribution in [2.24, 2.45) is 0 Å². The number of nitrogens with one attached hydrogen (secondary N) is 2. The van der Waals surface area contributed by atoms with E-state index in [9.17, 15) is 0 Å². The molecule has 0 spiro atoms. The van der Waals surface area contributed by atoms with Crippen LogP contribution in [0.25, 0.3) is 22.3 Å². The van der Waals surface area contributed by atoms with Gasteiger partial charge < -0.3 is 30.2 Å². The van der Waals surface area contributed by atoms with E-state index in [2.05, 4.69) is 309 Å². The van der Waals surface area contributed by atoms with Gasteiger partial charge in [0.15, 0.2) is 0 Å². The van der Waals surface area contributed by atoms with Gasteiger partial charge in [-0.2, -0.15) is 0 Å². The van der Waals surface area contributed by atoms with E-state index in [0.717, 1.165) is 39.8 Å². The number of rotatable bonds is 4. The van der Waals surface area contributed by atoms with Crippen LogP contribution in [0.2, 0.25) is 0 Å². The van der Waals surface area contributed by atoms with Crippen molar-refractivity contribution in [3.05, 3.63) is 296 Å². The van der Waals surface area contributed by atoms with Gasteiger partial charge in [-0.25, -0.2) is 0 Å². The molecule has 0 bridgehead atoms. The average Bonchev–Trinajstić information content (AvgIpc) is 1.46. The average molecular weight is 1110 g/mol. The molecule has 13 aromatic rings. The second-order valence-corrected chi connectivity index (χ2v) is 24.7. The first-order chi connectivity index (χ1) is 43.7. The maximum absolute atomic E-state index is 4.33. The van der Waals surface area contributed by atoms with Crippen molar-refractivity contribution in [3.63, 3.8) is 0 Å². The Balaban J connectivity index is 0.879. The van der Waals surface area contributed by atoms with E-state index < -0.39 is 0 Å². The molecular weight excluding hydrogens is 1070 g/mol. The summed E-state index contributed by atoms with van der Waals surface area (Å²) >= 11 is 0. The van der Waals surface area contributed by atoms with E-state index in [-0.39, 0.29) is 26.1 Å². The van der Waals surface area contributed by atoms with Crippen LogP contribution in [0.3, 0.4) is 0 Å². The summed E-state index contributed by atoms with van der Waals surface area (Å²) in [5.74, 6) is -0.0739. The molecule has 6 heterocycles. The largest absolute Gasteiger partial charge is 0.356 e. The Labute approximate surface area is 511 Å². The van der Waals surface area contributed by atoms with Gasteiger partial charge in [-0.1, -0.05) is 164 Å². The number of para-hydroxylation sites is 7. The van der Waals surface area contributed by atoms with Crippen molar-refractivity contribution in [3.8, 4) is 22.3 Å². The third-order valence-corrected chi connectivity index (χ3v) is 20.6. The van der Waals surface area contributed by atoms with Crippen LogP contribution in [-0.4, -0.2) is 20.1 Å². The zero-order valence-electron chi connectivity index (χ0n) is 47.7. The summed E-state index contributed by atoms with van der Waals surface area (Å²) < 4.78 is 0. The summed E-state index contributed by atoms with van der Waals surface area (Å²) in [6.45, 7) is -0.151. The van der Waals surface area contributed by atoms with E-state index in [1.165, 1.54) is 139 Å². The number of fused-ring (bicyclic) bond motifs is 21. The molecule has 0 radical (unpaired) electrons. The van der Waals surface area contributed by atoms with Crippen molar-refractivity contribution in [2.75, 3.05) is 30.2 Å². The molecule has 0 saturated carbocycles. The van der Waals surface area contributed by atoms with Gasteiger partial charge in [0.1, 0.15) is 0 Å². The lowest BCUT2D eigenvalue weighted by molar-refractivity contribution is 1.06. The van der Waals surface area contributed by atoms with Crippen LogP contribution in [0.1, 0.15) is 22.6 Å². The van der Waals surface area contributed by atoms with Crippen molar-refractivity contribution >= 4 is 160 Å². The normalized spacial score (nSPS) is 15.2. The Morgan fingerprint density at radius 3 is 1.23 bits per heavy atom. The topological polar surface area (TPSA) is 37.0 Å². The first-order valence-corrected chi connectivity index (χ1v) is 30.9. The number of hydrogen-bond acceptors (Lipinski definition) is 6. The zero-order chi connectivity index (χ0) is 57.0. The monoisotopic (exact) mass is 1110 g/mol. The smallest absolute Gasteiger partial charge is 0.252 e. The molecule has 6 aliphatic heterocycles. The second kappa shape index (κ2) is 17.3. The van der Waals surface area contributed by atoms with Crippen LogP contribution >= 0.6 is 0 Å². The third kappa shape index (κ3) is 5.95. The molecule has 21 rings (SSSR count). The fourth-order valence-electron chi connectivity index (χ4n) is 17.5. The van der Waals surface area contributed by atoms with E-state index in [1.54, 1.807) is 0 Å². The molecule has 0 amide bonds. The predicted molar refractivity (Wildman–Crippen MR) is 370 cm³/mol. The summed E-state index contributed by atoms with van der Waals surface area (Å²) in [6.07, 6.45) is 0. The SMILES string of the molecule is c1ccc(N2c3ccccc3B3c4ccc5c(c4Nc4cccc2c43)C2c3ccc4c(c3-c3cc6c(c-5c32)B2c3ccccc3N(c3ccccc3)c3cccc(c32)N6c2ccccc2)B2c3ccccc3N(c3ccccc3)c3cccc(c32)N4)cc1. The van der Waals surface area contributed by atoms with Gasteiger partial charge in [0.25, 0.3) is 20.1 Å². The van der Waals surface area contributed by atoms with Crippen molar-refractivity contribution < 1.29 is 0 Å².